The summed E-state index contributed by atoms with van der Waals surface area (Å²) in [6.07, 6.45) is -7.12. The molecule has 10 nitrogen and oxygen atoms in total. The minimum Gasteiger partial charge on any atom is -0.470 e. The summed E-state index contributed by atoms with van der Waals surface area (Å²) < 4.78 is 21.5. The van der Waals surface area contributed by atoms with Gasteiger partial charge in [-0.15, -0.1) is 0 Å². The van der Waals surface area contributed by atoms with E-state index < -0.39 is 55.3 Å². The van der Waals surface area contributed by atoms with Crippen LogP contribution in [0.4, 0.5) is 0 Å². The summed E-state index contributed by atoms with van der Waals surface area (Å²) in [5.41, 5.74) is 2.12. The Morgan fingerprint density at radius 1 is 0.900 bits per heavy atom. The second-order valence-corrected chi connectivity index (χ2v) is 8.02. The van der Waals surface area contributed by atoms with Crippen molar-refractivity contribution in [1.29, 1.82) is 0 Å². The smallest absolute Gasteiger partial charge is 0.228 e. The van der Waals surface area contributed by atoms with E-state index in [1.165, 1.54) is 11.8 Å². The monoisotopic (exact) mass is 434 g/mol. The van der Waals surface area contributed by atoms with Crippen LogP contribution in [0.5, 0.6) is 0 Å². The molecular formula is C20H34O10. The number of allylic oxidation sites excluding steroid dienone is 3. The third-order valence-electron chi connectivity index (χ3n) is 5.04. The molecule has 2 saturated heterocycles. The molecule has 0 aromatic carbocycles. The van der Waals surface area contributed by atoms with Gasteiger partial charge in [0.05, 0.1) is 19.5 Å². The number of aliphatic hydroxyl groups excluding tert-OH is 6. The predicted molar refractivity (Wildman–Crippen MR) is 104 cm³/mol. The second kappa shape index (κ2) is 11.5. The Labute approximate surface area is 176 Å². The zero-order valence-corrected chi connectivity index (χ0v) is 17.5. The molecule has 0 radical (unpaired) electrons. The number of ether oxygens (including phenoxy) is 4. The van der Waals surface area contributed by atoms with Gasteiger partial charge < -0.3 is 49.6 Å². The average molecular weight is 434 g/mol. The van der Waals surface area contributed by atoms with Crippen molar-refractivity contribution >= 4 is 0 Å². The van der Waals surface area contributed by atoms with Crippen LogP contribution in [0.2, 0.25) is 0 Å². The van der Waals surface area contributed by atoms with Crippen molar-refractivity contribution < 1.29 is 49.6 Å². The number of hydrogen-bond acceptors (Lipinski definition) is 10. The van der Waals surface area contributed by atoms with Crippen molar-refractivity contribution in [3.8, 4) is 0 Å². The summed E-state index contributed by atoms with van der Waals surface area (Å²) in [4.78, 5) is 0. The number of rotatable bonds is 8. The maximum absolute atomic E-state index is 10.2. The van der Waals surface area contributed by atoms with E-state index in [1.807, 2.05) is 20.8 Å². The molecule has 0 amide bonds. The molecule has 2 aliphatic heterocycles. The van der Waals surface area contributed by atoms with Crippen LogP contribution in [0.15, 0.2) is 23.5 Å². The molecule has 9 unspecified atom stereocenters. The van der Waals surface area contributed by atoms with Crippen LogP contribution in [-0.2, 0) is 18.9 Å². The SMILES string of the molecule is CC(C)=CCCC(C)=COC1OC(COC2OCC(O)C(O)C2O)C(O)C(O)C1O. The quantitative estimate of drug-likeness (QED) is 0.205. The molecule has 9 atom stereocenters. The van der Waals surface area contributed by atoms with E-state index in [0.29, 0.717) is 0 Å². The zero-order chi connectivity index (χ0) is 22.4. The molecule has 2 fully saturated rings. The third kappa shape index (κ3) is 6.71. The average Bonchev–Trinajstić information content (AvgIpc) is 2.70. The Morgan fingerprint density at radius 2 is 1.57 bits per heavy atom. The second-order valence-electron chi connectivity index (χ2n) is 8.02. The largest absolute Gasteiger partial charge is 0.470 e. The highest BCUT2D eigenvalue weighted by Crippen LogP contribution is 2.25. The molecule has 0 aromatic rings. The van der Waals surface area contributed by atoms with Gasteiger partial charge in [-0.1, -0.05) is 11.6 Å². The summed E-state index contributed by atoms with van der Waals surface area (Å²) >= 11 is 0. The van der Waals surface area contributed by atoms with Crippen LogP contribution < -0.4 is 0 Å². The van der Waals surface area contributed by atoms with Crippen LogP contribution in [0.25, 0.3) is 0 Å². The van der Waals surface area contributed by atoms with Crippen LogP contribution in [0.1, 0.15) is 33.6 Å². The highest BCUT2D eigenvalue weighted by molar-refractivity contribution is 5.00. The van der Waals surface area contributed by atoms with Crippen molar-refractivity contribution in [3.63, 3.8) is 0 Å². The summed E-state index contributed by atoms with van der Waals surface area (Å²) in [5, 5.41) is 59.5. The molecule has 2 aliphatic rings. The Balaban J connectivity index is 1.91. The van der Waals surface area contributed by atoms with Crippen molar-refractivity contribution in [2.75, 3.05) is 13.2 Å². The van der Waals surface area contributed by atoms with Gasteiger partial charge in [-0.05, 0) is 39.2 Å². The summed E-state index contributed by atoms with van der Waals surface area (Å²) in [5.74, 6) is 0. The fourth-order valence-electron chi connectivity index (χ4n) is 3.11. The Kier molecular flexibility index (Phi) is 9.67. The fourth-order valence-corrected chi connectivity index (χ4v) is 3.11. The molecule has 0 aromatic heterocycles. The van der Waals surface area contributed by atoms with E-state index in [4.69, 9.17) is 18.9 Å². The van der Waals surface area contributed by atoms with Gasteiger partial charge in [0.2, 0.25) is 6.29 Å². The first kappa shape index (κ1) is 25.2. The maximum atomic E-state index is 10.2. The lowest BCUT2D eigenvalue weighted by molar-refractivity contribution is -0.313. The molecule has 2 heterocycles. The van der Waals surface area contributed by atoms with E-state index in [9.17, 15) is 30.6 Å². The van der Waals surface area contributed by atoms with E-state index in [1.54, 1.807) is 0 Å². The van der Waals surface area contributed by atoms with Gasteiger partial charge in [0.25, 0.3) is 0 Å². The normalized spacial score (nSPS) is 40.2. The van der Waals surface area contributed by atoms with Crippen LogP contribution in [0, 0.1) is 0 Å². The first-order valence-electron chi connectivity index (χ1n) is 10.0. The highest BCUT2D eigenvalue weighted by atomic mass is 16.7. The van der Waals surface area contributed by atoms with Gasteiger partial charge in [0.15, 0.2) is 6.29 Å². The van der Waals surface area contributed by atoms with Crippen molar-refractivity contribution in [2.24, 2.45) is 0 Å². The minimum absolute atomic E-state index is 0.235. The Hall–Kier alpha value is -1.08. The zero-order valence-electron chi connectivity index (χ0n) is 17.5. The molecule has 6 N–H and O–H groups in total. The summed E-state index contributed by atoms with van der Waals surface area (Å²) in [6.45, 7) is 5.33. The molecule has 2 rings (SSSR count). The lowest BCUT2D eigenvalue weighted by Gasteiger charge is -2.41. The van der Waals surface area contributed by atoms with Gasteiger partial charge in [-0.25, -0.2) is 0 Å². The van der Waals surface area contributed by atoms with Crippen LogP contribution in [0.3, 0.4) is 0 Å². The molecule has 174 valence electrons. The van der Waals surface area contributed by atoms with Gasteiger partial charge in [0.1, 0.15) is 42.7 Å². The standard InChI is InChI=1S/C20H34O10/c1-10(2)5-4-6-11(3)7-27-20-18(26)16(24)15(23)13(30-20)9-29-19-17(25)14(22)12(21)8-28-19/h5,7,12-26H,4,6,8-9H2,1-3H3. The molecular weight excluding hydrogens is 400 g/mol. The highest BCUT2D eigenvalue weighted by Gasteiger charge is 2.46. The first-order chi connectivity index (χ1) is 14.1. The number of aliphatic hydroxyl groups is 6. The summed E-state index contributed by atoms with van der Waals surface area (Å²) in [7, 11) is 0. The lowest BCUT2D eigenvalue weighted by Crippen LogP contribution is -2.60. The minimum atomic E-state index is -1.54. The Morgan fingerprint density at radius 3 is 2.23 bits per heavy atom. The van der Waals surface area contributed by atoms with E-state index in [2.05, 4.69) is 6.08 Å². The van der Waals surface area contributed by atoms with Gasteiger partial charge in [-0.3, -0.25) is 0 Å². The number of hydrogen-bond donors (Lipinski definition) is 6. The topological polar surface area (TPSA) is 158 Å². The third-order valence-corrected chi connectivity index (χ3v) is 5.04. The van der Waals surface area contributed by atoms with Crippen molar-refractivity contribution in [1.82, 2.24) is 0 Å². The van der Waals surface area contributed by atoms with Gasteiger partial charge >= 0.3 is 0 Å². The fraction of sp³-hybridized carbons (Fsp3) is 0.800. The molecule has 10 heteroatoms. The molecule has 0 spiro atoms. The molecule has 0 aliphatic carbocycles. The van der Waals surface area contributed by atoms with Crippen LogP contribution in [-0.4, -0.2) is 99.2 Å². The Bertz CT molecular complexity index is 590. The van der Waals surface area contributed by atoms with E-state index in [-0.39, 0.29) is 13.2 Å². The molecule has 0 saturated carbocycles. The summed E-state index contributed by atoms with van der Waals surface area (Å²) in [6, 6.07) is 0. The molecule has 0 bridgehead atoms. The van der Waals surface area contributed by atoms with E-state index in [0.717, 1.165) is 18.4 Å². The lowest BCUT2D eigenvalue weighted by atomic mass is 9.99. The van der Waals surface area contributed by atoms with Gasteiger partial charge in [-0.2, -0.15) is 0 Å². The molecule has 30 heavy (non-hydrogen) atoms. The maximum Gasteiger partial charge on any atom is 0.228 e. The first-order valence-corrected chi connectivity index (χ1v) is 10.0. The van der Waals surface area contributed by atoms with Crippen LogP contribution >= 0.6 is 0 Å². The van der Waals surface area contributed by atoms with E-state index >= 15 is 0 Å². The van der Waals surface area contributed by atoms with Gasteiger partial charge in [0, 0.05) is 0 Å². The van der Waals surface area contributed by atoms with Crippen molar-refractivity contribution in [2.45, 2.75) is 88.9 Å². The van der Waals surface area contributed by atoms with Crippen molar-refractivity contribution in [3.05, 3.63) is 23.5 Å². The predicted octanol–water partition coefficient (Wildman–Crippen LogP) is -1.08.